The van der Waals surface area contributed by atoms with Crippen LogP contribution in [0.25, 0.3) is 0 Å². The van der Waals surface area contributed by atoms with E-state index in [9.17, 15) is 19.4 Å². The highest BCUT2D eigenvalue weighted by atomic mass is 31.2. The summed E-state index contributed by atoms with van der Waals surface area (Å²) in [6.07, 6.45) is 75.9. The zero-order valence-electron chi connectivity index (χ0n) is 46.4. The Bertz CT molecular complexity index is 1520. The fourth-order valence-electron chi connectivity index (χ4n) is 7.74. The molecule has 0 bridgehead atoms. The average molecular weight is 1010 g/mol. The number of aliphatic hydroxyl groups is 1. The van der Waals surface area contributed by atoms with Crippen molar-refractivity contribution in [3.05, 3.63) is 109 Å². The second-order valence-electron chi connectivity index (χ2n) is 20.3. The van der Waals surface area contributed by atoms with Crippen molar-refractivity contribution in [1.29, 1.82) is 0 Å². The molecule has 0 spiro atoms. The van der Waals surface area contributed by atoms with E-state index in [1.165, 1.54) is 103 Å². The van der Waals surface area contributed by atoms with Gasteiger partial charge in [-0.15, -0.1) is 0 Å². The molecule has 0 aliphatic rings. The predicted molar refractivity (Wildman–Crippen MR) is 306 cm³/mol. The van der Waals surface area contributed by atoms with Gasteiger partial charge in [0.25, 0.3) is 7.82 Å². The molecule has 408 valence electrons. The highest BCUT2D eigenvalue weighted by molar-refractivity contribution is 7.45. The first kappa shape index (κ1) is 68.2. The molecule has 0 saturated carbocycles. The number of aliphatic hydroxyl groups excluding tert-OH is 1. The minimum absolute atomic E-state index is 0.0165. The van der Waals surface area contributed by atoms with Crippen molar-refractivity contribution < 1.29 is 32.9 Å². The van der Waals surface area contributed by atoms with E-state index < -0.39 is 26.6 Å². The summed E-state index contributed by atoms with van der Waals surface area (Å²) in [6, 6.07) is -0.923. The summed E-state index contributed by atoms with van der Waals surface area (Å²) in [4.78, 5) is 25.5. The molecule has 0 aromatic carbocycles. The van der Waals surface area contributed by atoms with Crippen LogP contribution in [-0.4, -0.2) is 68.5 Å². The van der Waals surface area contributed by atoms with E-state index in [-0.39, 0.29) is 12.5 Å². The van der Waals surface area contributed by atoms with Gasteiger partial charge in [0.05, 0.1) is 39.9 Å². The molecule has 2 N–H and O–H groups in total. The van der Waals surface area contributed by atoms with Gasteiger partial charge in [0.2, 0.25) is 5.91 Å². The van der Waals surface area contributed by atoms with E-state index in [1.54, 1.807) is 6.08 Å². The van der Waals surface area contributed by atoms with Gasteiger partial charge >= 0.3 is 0 Å². The molecule has 3 unspecified atom stereocenters. The number of phosphoric ester groups is 1. The van der Waals surface area contributed by atoms with Crippen LogP contribution >= 0.6 is 7.82 Å². The van der Waals surface area contributed by atoms with Crippen LogP contribution in [0, 0.1) is 0 Å². The lowest BCUT2D eigenvalue weighted by Gasteiger charge is -2.29. The van der Waals surface area contributed by atoms with Gasteiger partial charge in [-0.25, -0.2) is 0 Å². The van der Waals surface area contributed by atoms with Crippen LogP contribution in [0.4, 0.5) is 0 Å². The lowest BCUT2D eigenvalue weighted by atomic mass is 10.0. The molecule has 0 aromatic rings. The molecule has 0 rings (SSSR count). The molecule has 0 aliphatic carbocycles. The molecule has 0 fully saturated rings. The molecule has 8 nitrogen and oxygen atoms in total. The summed E-state index contributed by atoms with van der Waals surface area (Å²) < 4.78 is 23.3. The third kappa shape index (κ3) is 54.8. The van der Waals surface area contributed by atoms with Gasteiger partial charge in [0.1, 0.15) is 13.2 Å². The van der Waals surface area contributed by atoms with Crippen molar-refractivity contribution in [3.8, 4) is 0 Å². The van der Waals surface area contributed by atoms with Gasteiger partial charge in [-0.1, -0.05) is 239 Å². The van der Waals surface area contributed by atoms with Gasteiger partial charge < -0.3 is 28.8 Å². The third-order valence-electron chi connectivity index (χ3n) is 12.2. The maximum absolute atomic E-state index is 13.0. The Morgan fingerprint density at radius 1 is 0.507 bits per heavy atom. The number of nitrogens with zero attached hydrogens (tertiary/aromatic N) is 1. The van der Waals surface area contributed by atoms with Gasteiger partial charge in [-0.2, -0.15) is 0 Å². The molecular formula is C62H109N2O6P. The Morgan fingerprint density at radius 3 is 1.31 bits per heavy atom. The number of carbonyl (C=O) groups excluding carboxylic acids is 1. The predicted octanol–water partition coefficient (Wildman–Crippen LogP) is 17.0. The summed E-state index contributed by atoms with van der Waals surface area (Å²) >= 11 is 0. The largest absolute Gasteiger partial charge is 0.756 e. The zero-order valence-corrected chi connectivity index (χ0v) is 47.3. The SMILES string of the molecule is CC/C=C\C/C=C\C/C=C\C/C=C\C/C=C\C/C=C\C/C=C\CCCCCCCC(=O)NC(COP(=O)([O-])OCC[N+](C)(C)C)C(O)/C=C/CC/C=C/CCCCCCCCCCCCCCCCCC. The van der Waals surface area contributed by atoms with Crippen molar-refractivity contribution in [2.75, 3.05) is 40.9 Å². The van der Waals surface area contributed by atoms with E-state index >= 15 is 0 Å². The second-order valence-corrected chi connectivity index (χ2v) is 21.7. The number of quaternary nitrogens is 1. The van der Waals surface area contributed by atoms with Crippen LogP contribution in [0.15, 0.2) is 109 Å². The maximum Gasteiger partial charge on any atom is 0.268 e. The lowest BCUT2D eigenvalue weighted by molar-refractivity contribution is -0.870. The number of hydrogen-bond donors (Lipinski definition) is 2. The number of amides is 1. The van der Waals surface area contributed by atoms with E-state index in [1.807, 2.05) is 27.2 Å². The number of carbonyl (C=O) groups is 1. The first-order chi connectivity index (χ1) is 34.5. The number of hydrogen-bond acceptors (Lipinski definition) is 6. The van der Waals surface area contributed by atoms with Gasteiger partial charge in [-0.3, -0.25) is 9.36 Å². The van der Waals surface area contributed by atoms with Crippen molar-refractivity contribution in [1.82, 2.24) is 5.32 Å². The van der Waals surface area contributed by atoms with Crippen LogP contribution in [-0.2, 0) is 18.4 Å². The van der Waals surface area contributed by atoms with E-state index in [2.05, 4.69) is 116 Å². The third-order valence-corrected chi connectivity index (χ3v) is 13.2. The smallest absolute Gasteiger partial charge is 0.268 e. The first-order valence-electron chi connectivity index (χ1n) is 28.7. The maximum atomic E-state index is 13.0. The van der Waals surface area contributed by atoms with E-state index in [4.69, 9.17) is 9.05 Å². The summed E-state index contributed by atoms with van der Waals surface area (Å²) in [7, 11) is 1.21. The number of likely N-dealkylation sites (N-methyl/N-ethyl adjacent to an activating group) is 1. The molecule has 0 aliphatic heterocycles. The fraction of sp³-hybridized carbons (Fsp3) is 0.694. The average Bonchev–Trinajstić information content (AvgIpc) is 3.33. The quantitative estimate of drug-likeness (QED) is 0.0272. The Labute approximate surface area is 438 Å². The molecular weight excluding hydrogens is 900 g/mol. The molecule has 0 saturated heterocycles. The highest BCUT2D eigenvalue weighted by Crippen LogP contribution is 2.38. The van der Waals surface area contributed by atoms with E-state index in [0.29, 0.717) is 17.4 Å². The first-order valence-corrected chi connectivity index (χ1v) is 30.2. The zero-order chi connectivity index (χ0) is 52.0. The molecule has 0 aromatic heterocycles. The van der Waals surface area contributed by atoms with Crippen LogP contribution < -0.4 is 10.2 Å². The van der Waals surface area contributed by atoms with Crippen molar-refractivity contribution >= 4 is 13.7 Å². The number of phosphoric acid groups is 1. The molecule has 3 atom stereocenters. The summed E-state index contributed by atoms with van der Waals surface area (Å²) in [5.74, 6) is -0.230. The van der Waals surface area contributed by atoms with Gasteiger partial charge in [0, 0.05) is 6.42 Å². The summed E-state index contributed by atoms with van der Waals surface area (Å²) in [6.45, 7) is 4.50. The number of nitrogens with one attached hydrogen (secondary N) is 1. The van der Waals surface area contributed by atoms with Crippen molar-refractivity contribution in [2.24, 2.45) is 0 Å². The monoisotopic (exact) mass is 1010 g/mol. The Morgan fingerprint density at radius 2 is 0.873 bits per heavy atom. The number of unbranched alkanes of at least 4 members (excludes halogenated alkanes) is 22. The van der Waals surface area contributed by atoms with Crippen molar-refractivity contribution in [3.63, 3.8) is 0 Å². The normalized spacial score (nSPS) is 14.7. The van der Waals surface area contributed by atoms with Crippen LogP contribution in [0.1, 0.15) is 226 Å². The van der Waals surface area contributed by atoms with Crippen LogP contribution in [0.3, 0.4) is 0 Å². The second kappa shape index (κ2) is 52.0. The van der Waals surface area contributed by atoms with Crippen LogP contribution in [0.5, 0.6) is 0 Å². The lowest BCUT2D eigenvalue weighted by Crippen LogP contribution is -2.45. The minimum atomic E-state index is -4.62. The number of allylic oxidation sites excluding steroid dienone is 17. The molecule has 71 heavy (non-hydrogen) atoms. The highest BCUT2D eigenvalue weighted by Gasteiger charge is 2.23. The molecule has 0 radical (unpaired) electrons. The minimum Gasteiger partial charge on any atom is -0.756 e. The fourth-order valence-corrected chi connectivity index (χ4v) is 8.46. The summed E-state index contributed by atoms with van der Waals surface area (Å²) in [5.41, 5.74) is 0. The molecule has 1 amide bonds. The van der Waals surface area contributed by atoms with Crippen LogP contribution in [0.2, 0.25) is 0 Å². The Kier molecular flexibility index (Phi) is 50.0. The molecule has 9 heteroatoms. The summed E-state index contributed by atoms with van der Waals surface area (Å²) in [5, 5.41) is 13.9. The van der Waals surface area contributed by atoms with E-state index in [0.717, 1.165) is 103 Å². The Hall–Kier alpha value is -2.84. The van der Waals surface area contributed by atoms with Gasteiger partial charge in [0.15, 0.2) is 0 Å². The number of rotatable bonds is 51. The molecule has 0 heterocycles. The standard InChI is InChI=1S/C62H109N2O6P/c1-6-8-10-12-14-16-18-20-22-24-26-28-30-31-32-33-34-36-38-40-42-44-46-48-50-52-54-56-62(66)63-60(59-70-71(67,68)69-58-57-64(3,4)5)61(65)55-53-51-49-47-45-43-41-39-37-35-29-27-25-23-21-19-17-15-13-11-9-7-2/h8,10,14,16,20,22,26,28,31-32,34,36,40,42,45,47,53,55,60-61,65H,6-7,9,11-13,15,17-19,21,23-25,27,29-30,33,35,37-39,41,43-44,46,48-52,54,56-59H2,1-5H3,(H-,63,66,67,68)/b10-8-,16-14-,22-20-,28-26-,32-31-,36-34-,42-40-,47-45+,55-53+. The van der Waals surface area contributed by atoms with Crippen molar-refractivity contribution in [2.45, 2.75) is 238 Å². The Balaban J connectivity index is 4.36. The topological polar surface area (TPSA) is 108 Å². The van der Waals surface area contributed by atoms with Gasteiger partial charge in [-0.05, 0) is 89.9 Å².